The van der Waals surface area contributed by atoms with Gasteiger partial charge in [-0.25, -0.2) is 34.9 Å². The molecule has 0 amide bonds. The third-order valence-electron chi connectivity index (χ3n) is 29.8. The monoisotopic (exact) mass is 1820 g/mol. The number of fused-ring (bicyclic) bond motifs is 35. The smallest absolute Gasteiger partial charge is 0.238 e. The van der Waals surface area contributed by atoms with Crippen LogP contribution in [0.25, 0.3) is 303 Å². The first-order valence-corrected chi connectivity index (χ1v) is 48.3. The maximum atomic E-state index is 5.31. The van der Waals surface area contributed by atoms with Gasteiger partial charge in [0.1, 0.15) is 16.6 Å². The number of nitrogens with zero attached hydrogens (tertiary/aromatic N) is 16. The highest BCUT2D eigenvalue weighted by atomic mass is 15.2. The number of rotatable bonds is 7. The van der Waals surface area contributed by atoms with E-state index in [1.165, 1.54) is 114 Å². The van der Waals surface area contributed by atoms with Crippen LogP contribution in [0.4, 0.5) is 0 Å². The van der Waals surface area contributed by atoms with Gasteiger partial charge in [0.25, 0.3) is 0 Å². The van der Waals surface area contributed by atoms with Crippen molar-refractivity contribution in [3.8, 4) is 56.9 Å². The molecule has 20 aromatic carbocycles. The van der Waals surface area contributed by atoms with Gasteiger partial charge >= 0.3 is 0 Å². The Kier molecular flexibility index (Phi) is 15.9. The SMILES string of the molecule is c1ccc(-c2nc(-c3ccccc3)nc(-n3c4ccccc4c4cc5c(cc43)c3cccc4c6nc7ccccc7nc6n5c34)n2)cc1.c1ccc(-n2c3ccccc3c3cc(-c4cc5c6cc7c(cc6n6c8nc9ccccc9nc8c(c4)c56)c4ccccc4n7-c4ccccc4)ccc32)cc1.c1ccc(-n2c3ccccc3c3cc4c(cc32)c2c3ccccc3cc3c5nc6ccccc6nc5n4c32)cc1. The Morgan fingerprint density at radius 2 is 0.469 bits per heavy atom. The molecule has 0 atom stereocenters. The molecule has 0 saturated carbocycles. The number of aromatic nitrogens is 16. The molecule has 14 heterocycles. The summed E-state index contributed by atoms with van der Waals surface area (Å²) in [5, 5.41) is 22.7. The lowest BCUT2D eigenvalue weighted by molar-refractivity contribution is 0.954. The van der Waals surface area contributed by atoms with Crippen LogP contribution in [-0.2, 0) is 0 Å². The van der Waals surface area contributed by atoms with Gasteiger partial charge in [-0.2, -0.15) is 9.97 Å². The average Bonchev–Trinajstić information content (AvgIpc) is 1.53. The minimum atomic E-state index is 0.576. The molecule has 0 N–H and O–H groups in total. The predicted octanol–water partition coefficient (Wildman–Crippen LogP) is 31.1. The molecule has 0 aliphatic rings. The molecule has 0 radical (unpaired) electrons. The van der Waals surface area contributed by atoms with Crippen molar-refractivity contribution in [2.45, 2.75) is 0 Å². The van der Waals surface area contributed by atoms with E-state index in [0.29, 0.717) is 17.6 Å². The summed E-state index contributed by atoms with van der Waals surface area (Å²) in [6.07, 6.45) is 0. The van der Waals surface area contributed by atoms with Crippen molar-refractivity contribution >= 4 is 246 Å². The zero-order valence-electron chi connectivity index (χ0n) is 76.2. The molecule has 14 aromatic heterocycles. The fraction of sp³-hybridized carbons (Fsp3) is 0. The summed E-state index contributed by atoms with van der Waals surface area (Å²) in [7, 11) is 0. The van der Waals surface area contributed by atoms with Crippen LogP contribution in [0, 0.1) is 0 Å². The average molecular weight is 1820 g/mol. The van der Waals surface area contributed by atoms with Gasteiger partial charge in [-0.1, -0.05) is 273 Å². The highest BCUT2D eigenvalue weighted by Gasteiger charge is 2.30. The van der Waals surface area contributed by atoms with Gasteiger partial charge in [-0.15, -0.1) is 0 Å². The number of benzene rings is 20. The lowest BCUT2D eigenvalue weighted by atomic mass is 9.98. The Hall–Kier alpha value is -19.7. The minimum absolute atomic E-state index is 0.576. The van der Waals surface area contributed by atoms with Crippen LogP contribution in [0.1, 0.15) is 0 Å². The third-order valence-corrected chi connectivity index (χ3v) is 29.8. The van der Waals surface area contributed by atoms with Crippen molar-refractivity contribution in [1.29, 1.82) is 0 Å². The molecule has 0 saturated heterocycles. The first-order valence-electron chi connectivity index (χ1n) is 48.3. The lowest BCUT2D eigenvalue weighted by Crippen LogP contribution is -2.06. The summed E-state index contributed by atoms with van der Waals surface area (Å²) < 4.78 is 16.4. The van der Waals surface area contributed by atoms with Crippen molar-refractivity contribution in [3.63, 3.8) is 0 Å². The van der Waals surface area contributed by atoms with Crippen molar-refractivity contribution in [3.05, 3.63) is 437 Å². The molecular weight excluding hydrogens is 1750 g/mol. The predicted molar refractivity (Wildman–Crippen MR) is 587 cm³/mol. The maximum absolute atomic E-state index is 5.31. The Morgan fingerprint density at radius 3 is 0.958 bits per heavy atom. The third kappa shape index (κ3) is 11.1. The van der Waals surface area contributed by atoms with Crippen LogP contribution in [0.3, 0.4) is 0 Å². The van der Waals surface area contributed by atoms with Crippen LogP contribution in [0.2, 0.25) is 0 Å². The summed E-state index contributed by atoms with van der Waals surface area (Å²) in [6, 6.07) is 155. The van der Waals surface area contributed by atoms with E-state index in [2.05, 4.69) is 359 Å². The Bertz CT molecular complexity index is 11400. The standard InChI is InChI=1S/C50H29N5.C41H23N7.C36H20N4/c1-3-13-32(14-4-1)53-43-21-11-7-17-34(43)36-25-30(23-24-45(36)53)31-26-39-38-29-46-37(35-18-8-12-22-44(35)54(46)33-15-5-2-6-16-33)28-47(38)55-49(39)40(27-31)48-50(55)52-42-20-10-9-19-41(42)51-48;1-3-12-24(13-4-1)38-44-39(25-14-5-2-6-15-25)46-41(45-38)47-33-21-10-7-16-26(33)29-22-35-30(23-34(29)47)27-17-11-18-28-36-40(48(35)37(27)28)43-32-20-9-8-19-31(32)42-36;1-2-11-22(12-3-1)39-30-17-9-6-14-24(30)25-19-32-26(20-31(25)39)33-23-13-5-4-10-21(23)18-27-34-36(40(32)35(27)33)38-29-16-8-7-15-28(29)37-34/h1-29H;1-23H;1-20H. The van der Waals surface area contributed by atoms with Crippen LogP contribution >= 0.6 is 0 Å². The summed E-state index contributed by atoms with van der Waals surface area (Å²) in [6.45, 7) is 0. The van der Waals surface area contributed by atoms with Gasteiger partial charge in [0, 0.05) is 120 Å². The quantitative estimate of drug-likeness (QED) is 0.152. The van der Waals surface area contributed by atoms with Gasteiger partial charge in [-0.05, 0) is 186 Å². The van der Waals surface area contributed by atoms with Gasteiger partial charge in [0.15, 0.2) is 28.6 Å². The van der Waals surface area contributed by atoms with Gasteiger partial charge in [-0.3, -0.25) is 17.8 Å². The molecule has 0 bridgehead atoms. The van der Waals surface area contributed by atoms with Gasteiger partial charge < -0.3 is 13.7 Å². The van der Waals surface area contributed by atoms with Crippen LogP contribution in [0.5, 0.6) is 0 Å². The largest absolute Gasteiger partial charge is 0.309 e. The van der Waals surface area contributed by atoms with E-state index in [0.717, 1.165) is 171 Å². The van der Waals surface area contributed by atoms with E-state index >= 15 is 0 Å². The molecule has 0 aliphatic carbocycles. The van der Waals surface area contributed by atoms with E-state index in [1.807, 2.05) is 109 Å². The molecule has 143 heavy (non-hydrogen) atoms. The molecule has 0 spiro atoms. The zero-order chi connectivity index (χ0) is 93.1. The highest BCUT2D eigenvalue weighted by molar-refractivity contribution is 6.34. The first-order chi connectivity index (χ1) is 70.9. The molecule has 16 heteroatoms. The summed E-state index contributed by atoms with van der Waals surface area (Å²) in [5.74, 6) is 1.83. The number of hydrogen-bond donors (Lipinski definition) is 0. The molecule has 34 rings (SSSR count). The zero-order valence-corrected chi connectivity index (χ0v) is 76.2. The number of hydrogen-bond acceptors (Lipinski definition) is 9. The second-order valence-electron chi connectivity index (χ2n) is 37.5. The van der Waals surface area contributed by atoms with Crippen LogP contribution in [-0.4, -0.2) is 76.3 Å². The summed E-state index contributed by atoms with van der Waals surface area (Å²) >= 11 is 0. The van der Waals surface area contributed by atoms with E-state index < -0.39 is 0 Å². The normalized spacial score (nSPS) is 12.3. The second kappa shape index (κ2) is 29.4. The molecule has 16 nitrogen and oxygen atoms in total. The molecule has 0 fully saturated rings. The van der Waals surface area contributed by atoms with Gasteiger partial charge in [0.05, 0.1) is 110 Å². The van der Waals surface area contributed by atoms with Crippen LogP contribution < -0.4 is 0 Å². The minimum Gasteiger partial charge on any atom is -0.309 e. The first kappa shape index (κ1) is 77.5. The maximum Gasteiger partial charge on any atom is 0.238 e. The van der Waals surface area contributed by atoms with Crippen molar-refractivity contribution in [2.75, 3.05) is 0 Å². The molecule has 0 unspecified atom stereocenters. The fourth-order valence-corrected chi connectivity index (χ4v) is 23.7. The van der Waals surface area contributed by atoms with E-state index in [4.69, 9.17) is 44.9 Å². The molecule has 660 valence electrons. The van der Waals surface area contributed by atoms with E-state index in [-0.39, 0.29) is 0 Å². The Balaban J connectivity index is 0.0000000974. The van der Waals surface area contributed by atoms with Crippen molar-refractivity contribution < 1.29 is 0 Å². The molecular formula is C127H72N16. The second-order valence-corrected chi connectivity index (χ2v) is 37.5. The Morgan fingerprint density at radius 1 is 0.154 bits per heavy atom. The topological polar surface area (TPSA) is 149 Å². The van der Waals surface area contributed by atoms with Crippen molar-refractivity contribution in [1.82, 2.24) is 76.3 Å². The highest BCUT2D eigenvalue weighted by Crippen LogP contribution is 2.51. The number of para-hydroxylation sites is 14. The van der Waals surface area contributed by atoms with Crippen molar-refractivity contribution in [2.24, 2.45) is 0 Å². The van der Waals surface area contributed by atoms with Crippen LogP contribution in [0.15, 0.2) is 437 Å². The molecule has 0 aliphatic heterocycles. The Labute approximate surface area is 810 Å². The fourth-order valence-electron chi connectivity index (χ4n) is 23.7. The molecule has 34 aromatic rings. The van der Waals surface area contributed by atoms with E-state index in [1.54, 1.807) is 0 Å². The summed E-state index contributed by atoms with van der Waals surface area (Å²) in [4.78, 5) is 46.4. The van der Waals surface area contributed by atoms with Gasteiger partial charge in [0.2, 0.25) is 5.95 Å². The lowest BCUT2D eigenvalue weighted by Gasteiger charge is -2.11. The summed E-state index contributed by atoms with van der Waals surface area (Å²) in [5.41, 5.74) is 34.7. The van der Waals surface area contributed by atoms with E-state index in [9.17, 15) is 0 Å².